The fourth-order valence-electron chi connectivity index (χ4n) is 5.32. The molecule has 13 nitrogen and oxygen atoms in total. The number of phenolic OH excluding ortho intramolecular Hbond substituents is 1. The van der Waals surface area contributed by atoms with Crippen LogP contribution in [-0.4, -0.2) is 23.2 Å². The number of aliphatic hydroxyl groups excluding tert-OH is 1. The minimum Gasteiger partial charge on any atom is -0.505 e. The predicted molar refractivity (Wildman–Crippen MR) is 203 cm³/mol. The highest BCUT2D eigenvalue weighted by atomic mass is 32.2. The molecule has 268 valence electrons. The fourth-order valence-corrected chi connectivity index (χ4v) is 6.00. The largest absolute Gasteiger partial charge is 0.505 e. The Morgan fingerprint density at radius 2 is 1.11 bits per heavy atom. The van der Waals surface area contributed by atoms with Crippen molar-refractivity contribution in [3.8, 4) is 11.5 Å². The molecule has 4 N–H and O–H groups in total. The molecular weight excluding hydrogens is 695 g/mol. The van der Waals surface area contributed by atoms with Gasteiger partial charge in [0.1, 0.15) is 16.3 Å². The summed E-state index contributed by atoms with van der Waals surface area (Å²) in [6, 6.07) is 29.7. The van der Waals surface area contributed by atoms with Gasteiger partial charge in [-0.1, -0.05) is 30.3 Å². The van der Waals surface area contributed by atoms with Crippen LogP contribution >= 0.6 is 0 Å². The number of phenols is 1. The maximum absolute atomic E-state index is 11.9. The van der Waals surface area contributed by atoms with Gasteiger partial charge in [0.05, 0.1) is 35.0 Å². The van der Waals surface area contributed by atoms with Crippen molar-refractivity contribution in [2.24, 2.45) is 30.7 Å². The number of nitrogens with zero attached hydrogens (tertiary/aromatic N) is 6. The van der Waals surface area contributed by atoms with Gasteiger partial charge in [0.15, 0.2) is 11.5 Å². The molecule has 0 bridgehead atoms. The van der Waals surface area contributed by atoms with E-state index in [0.29, 0.717) is 50.7 Å². The van der Waals surface area contributed by atoms with Crippen molar-refractivity contribution in [1.82, 2.24) is 0 Å². The highest BCUT2D eigenvalue weighted by Crippen LogP contribution is 2.38. The van der Waals surface area contributed by atoms with Crippen molar-refractivity contribution in [2.75, 3.05) is 5.48 Å². The lowest BCUT2D eigenvalue weighted by atomic mass is 10.1. The monoisotopic (exact) mass is 729 g/mol. The van der Waals surface area contributed by atoms with Gasteiger partial charge in [-0.05, 0) is 134 Å². The Kier molecular flexibility index (Phi) is 10.7. The maximum Gasteiger partial charge on any atom is 0.296 e. The van der Waals surface area contributed by atoms with E-state index in [2.05, 4.69) is 36.2 Å². The number of aromatic hydroxyl groups is 1. The maximum atomic E-state index is 11.9. The molecule has 0 spiro atoms. The van der Waals surface area contributed by atoms with E-state index in [-0.39, 0.29) is 11.4 Å². The smallest absolute Gasteiger partial charge is 0.296 e. The molecule has 0 aliphatic carbocycles. The van der Waals surface area contributed by atoms with Gasteiger partial charge < -0.3 is 15.1 Å². The molecule has 0 aliphatic rings. The van der Waals surface area contributed by atoms with E-state index < -0.39 is 21.6 Å². The average Bonchev–Trinajstić information content (AvgIpc) is 3.14. The molecule has 6 rings (SSSR count). The molecule has 0 atom stereocenters. The molecule has 0 saturated carbocycles. The molecule has 6 aromatic carbocycles. The fraction of sp³-hybridized carbons (Fsp3) is 0.128. The van der Waals surface area contributed by atoms with Crippen molar-refractivity contribution >= 4 is 60.7 Å². The molecule has 6 aromatic rings. The lowest BCUT2D eigenvalue weighted by Gasteiger charge is -2.10. The van der Waals surface area contributed by atoms with E-state index in [1.807, 2.05) is 82.3 Å². The average molecular weight is 730 g/mol. The second-order valence-corrected chi connectivity index (χ2v) is 13.7. The third-order valence-corrected chi connectivity index (χ3v) is 9.19. The predicted octanol–water partition coefficient (Wildman–Crippen LogP) is 11.2. The SMILES string of the molecule is Cc1cc(N=Nc2ccc(CO)cc2S(=O)(=O)O)c(C)cc1N=Nc1cc(C)c(N=Nc2ccc3cc(NOc4ccccc4)ccc3c2O)cc1C. The lowest BCUT2D eigenvalue weighted by molar-refractivity contribution is 0.281. The number of anilines is 1. The Labute approximate surface area is 305 Å². The number of azo groups is 3. The van der Waals surface area contributed by atoms with Crippen LogP contribution < -0.4 is 10.3 Å². The van der Waals surface area contributed by atoms with Crippen molar-refractivity contribution in [1.29, 1.82) is 0 Å². The number of hydrogen-bond acceptors (Lipinski definition) is 12. The van der Waals surface area contributed by atoms with Crippen LogP contribution in [-0.2, 0) is 16.7 Å². The van der Waals surface area contributed by atoms with E-state index in [1.165, 1.54) is 12.1 Å². The standard InChI is InChI=1S/C39H35N7O6S/c1-23-18-36(25(3)16-34(23)42-40-32-14-10-27(22-47)20-38(32)53(49,50)51)44-45-37-19-24(2)35(17-26(37)4)43-41-33-15-11-28-21-29(12-13-31(28)39(33)48)46-52-30-8-6-5-7-9-30/h5-21,46-48H,22H2,1-4H3,(H,49,50,51). The highest BCUT2D eigenvalue weighted by Gasteiger charge is 2.17. The summed E-state index contributed by atoms with van der Waals surface area (Å²) >= 11 is 0. The molecule has 53 heavy (non-hydrogen) atoms. The second-order valence-electron chi connectivity index (χ2n) is 12.3. The molecule has 0 unspecified atom stereocenters. The number of aliphatic hydroxyl groups is 1. The summed E-state index contributed by atoms with van der Waals surface area (Å²) in [6.45, 7) is 7.03. The Balaban J connectivity index is 1.16. The van der Waals surface area contributed by atoms with Gasteiger partial charge in [-0.3, -0.25) is 4.55 Å². The van der Waals surface area contributed by atoms with Crippen LogP contribution in [0.15, 0.2) is 139 Å². The number of para-hydroxylation sites is 1. The van der Waals surface area contributed by atoms with Crippen LogP contribution in [0.3, 0.4) is 0 Å². The van der Waals surface area contributed by atoms with Gasteiger partial charge in [0.25, 0.3) is 10.1 Å². The van der Waals surface area contributed by atoms with Crippen LogP contribution in [0.2, 0.25) is 0 Å². The number of nitrogens with one attached hydrogen (secondary N) is 1. The first kappa shape index (κ1) is 36.4. The quantitative estimate of drug-likeness (QED) is 0.0579. The number of hydrogen-bond donors (Lipinski definition) is 4. The summed E-state index contributed by atoms with van der Waals surface area (Å²) in [5, 5.41) is 47.8. The third kappa shape index (κ3) is 8.59. The summed E-state index contributed by atoms with van der Waals surface area (Å²) in [4.78, 5) is 5.16. The molecular formula is C39H35N7O6S. The molecule has 14 heteroatoms. The van der Waals surface area contributed by atoms with Gasteiger partial charge in [0.2, 0.25) is 0 Å². The van der Waals surface area contributed by atoms with Gasteiger partial charge >= 0.3 is 0 Å². The first-order valence-electron chi connectivity index (χ1n) is 16.3. The number of rotatable bonds is 11. The number of aryl methyl sites for hydroxylation is 4. The molecule has 0 aromatic heterocycles. The third-order valence-electron chi connectivity index (χ3n) is 8.31. The highest BCUT2D eigenvalue weighted by molar-refractivity contribution is 7.86. The zero-order valence-electron chi connectivity index (χ0n) is 29.2. The molecule has 0 amide bonds. The van der Waals surface area contributed by atoms with Gasteiger partial charge in [-0.15, -0.1) is 10.2 Å². The normalized spacial score (nSPS) is 12.0. The zero-order valence-corrected chi connectivity index (χ0v) is 30.0. The van der Waals surface area contributed by atoms with Gasteiger partial charge in [0, 0.05) is 5.39 Å². The van der Waals surface area contributed by atoms with Gasteiger partial charge in [-0.25, -0.2) is 5.48 Å². The van der Waals surface area contributed by atoms with Gasteiger partial charge in [-0.2, -0.15) is 28.9 Å². The van der Waals surface area contributed by atoms with Crippen molar-refractivity contribution < 1.29 is 28.0 Å². The van der Waals surface area contributed by atoms with Crippen LogP contribution in [0, 0.1) is 27.7 Å². The summed E-state index contributed by atoms with van der Waals surface area (Å²) in [5.41, 5.74) is 9.64. The topological polar surface area (TPSA) is 190 Å². The molecule has 0 aliphatic heterocycles. The van der Waals surface area contributed by atoms with E-state index in [1.54, 1.807) is 30.3 Å². The number of benzene rings is 6. The Morgan fingerprint density at radius 1 is 0.604 bits per heavy atom. The summed E-state index contributed by atoms with van der Waals surface area (Å²) in [7, 11) is -4.59. The minimum absolute atomic E-state index is 0.0132. The summed E-state index contributed by atoms with van der Waals surface area (Å²) in [5.74, 6) is 0.690. The lowest BCUT2D eigenvalue weighted by Crippen LogP contribution is -2.04. The van der Waals surface area contributed by atoms with Crippen LogP contribution in [0.5, 0.6) is 11.5 Å². The summed E-state index contributed by atoms with van der Waals surface area (Å²) < 4.78 is 33.4. The van der Waals surface area contributed by atoms with E-state index >= 15 is 0 Å². The Morgan fingerprint density at radius 3 is 1.64 bits per heavy atom. The van der Waals surface area contributed by atoms with Crippen LogP contribution in [0.1, 0.15) is 27.8 Å². The minimum atomic E-state index is -4.59. The van der Waals surface area contributed by atoms with Crippen molar-refractivity contribution in [3.63, 3.8) is 0 Å². The second kappa shape index (κ2) is 15.5. The molecule has 0 saturated heterocycles. The van der Waals surface area contributed by atoms with Crippen LogP contribution in [0.25, 0.3) is 10.8 Å². The van der Waals surface area contributed by atoms with E-state index in [0.717, 1.165) is 33.8 Å². The van der Waals surface area contributed by atoms with Crippen molar-refractivity contribution in [3.05, 3.63) is 131 Å². The Bertz CT molecular complexity index is 2540. The first-order valence-corrected chi connectivity index (χ1v) is 17.8. The summed E-state index contributed by atoms with van der Waals surface area (Å²) in [6.07, 6.45) is 0. The molecule has 0 heterocycles. The van der Waals surface area contributed by atoms with Crippen LogP contribution in [0.4, 0.5) is 39.8 Å². The first-order chi connectivity index (χ1) is 25.4. The Hall–Kier alpha value is -6.35. The van der Waals surface area contributed by atoms with E-state index in [4.69, 9.17) is 4.84 Å². The van der Waals surface area contributed by atoms with Crippen molar-refractivity contribution in [2.45, 2.75) is 39.2 Å². The zero-order chi connectivity index (χ0) is 37.7. The molecule has 0 radical (unpaired) electrons. The van der Waals surface area contributed by atoms with E-state index in [9.17, 15) is 23.2 Å². The number of fused-ring (bicyclic) bond motifs is 1. The molecule has 0 fully saturated rings.